The number of hydrogen-bond donors (Lipinski definition) is 1. The van der Waals surface area contributed by atoms with Gasteiger partial charge in [0, 0.05) is 12.2 Å². The number of nitrogens with one attached hydrogen (secondary N) is 1. The molecule has 0 saturated heterocycles. The van der Waals surface area contributed by atoms with Gasteiger partial charge in [-0.2, -0.15) is 5.10 Å². The van der Waals surface area contributed by atoms with Gasteiger partial charge in [-0.05, 0) is 50.3 Å². The summed E-state index contributed by atoms with van der Waals surface area (Å²) in [6.45, 7) is 4.26. The Kier molecular flexibility index (Phi) is 3.19. The van der Waals surface area contributed by atoms with Gasteiger partial charge in [0.05, 0.1) is 5.69 Å². The molecule has 3 rings (SSSR count). The van der Waals surface area contributed by atoms with Crippen molar-refractivity contribution in [1.82, 2.24) is 20.0 Å². The van der Waals surface area contributed by atoms with Crippen LogP contribution >= 0.6 is 0 Å². The van der Waals surface area contributed by atoms with Crippen LogP contribution in [-0.2, 0) is 0 Å². The van der Waals surface area contributed by atoms with Crippen molar-refractivity contribution in [2.24, 2.45) is 5.92 Å². The van der Waals surface area contributed by atoms with Crippen molar-refractivity contribution in [2.45, 2.75) is 39.2 Å². The summed E-state index contributed by atoms with van der Waals surface area (Å²) >= 11 is 0. The highest BCUT2D eigenvalue weighted by Crippen LogP contribution is 2.26. The van der Waals surface area contributed by atoms with E-state index in [1.807, 2.05) is 31.3 Å². The minimum atomic E-state index is 0.544. The molecule has 0 spiro atoms. The molecule has 0 bridgehead atoms. The van der Waals surface area contributed by atoms with Gasteiger partial charge in [-0.25, -0.2) is 4.68 Å². The van der Waals surface area contributed by atoms with Crippen LogP contribution in [0, 0.1) is 12.8 Å². The maximum Gasteiger partial charge on any atom is 0.175 e. The first kappa shape index (κ1) is 12.1. The van der Waals surface area contributed by atoms with Crippen molar-refractivity contribution >= 4 is 5.82 Å². The van der Waals surface area contributed by atoms with Crippen LogP contribution < -0.4 is 5.32 Å². The topological polar surface area (TPSA) is 55.6 Å². The number of nitrogens with zero attached hydrogens (tertiary/aromatic N) is 4. The fraction of sp³-hybridized carbons (Fsp3) is 0.500. The van der Waals surface area contributed by atoms with Crippen molar-refractivity contribution < 1.29 is 0 Å². The van der Waals surface area contributed by atoms with Crippen molar-refractivity contribution in [2.75, 3.05) is 5.32 Å². The summed E-state index contributed by atoms with van der Waals surface area (Å²) in [5.41, 5.74) is 0.976. The largest absolute Gasteiger partial charge is 0.366 e. The average Bonchev–Trinajstić information content (AvgIpc) is 3.00. The molecule has 19 heavy (non-hydrogen) atoms. The molecule has 0 radical (unpaired) electrons. The summed E-state index contributed by atoms with van der Waals surface area (Å²) < 4.78 is 1.74. The van der Waals surface area contributed by atoms with Crippen molar-refractivity contribution in [3.63, 3.8) is 0 Å². The summed E-state index contributed by atoms with van der Waals surface area (Å²) in [5, 5.41) is 16.2. The quantitative estimate of drug-likeness (QED) is 0.918. The lowest BCUT2D eigenvalue weighted by Crippen LogP contribution is -2.16. The van der Waals surface area contributed by atoms with E-state index in [9.17, 15) is 0 Å². The highest BCUT2D eigenvalue weighted by Gasteiger charge is 2.21. The molecule has 100 valence electrons. The predicted octanol–water partition coefficient (Wildman–Crippen LogP) is 2.57. The number of aromatic nitrogens is 4. The van der Waals surface area contributed by atoms with Gasteiger partial charge in [-0.3, -0.25) is 0 Å². The summed E-state index contributed by atoms with van der Waals surface area (Å²) in [6.07, 6.45) is 5.64. The van der Waals surface area contributed by atoms with Gasteiger partial charge in [0.1, 0.15) is 5.82 Å². The third kappa shape index (κ3) is 2.75. The molecule has 1 aliphatic carbocycles. The zero-order chi connectivity index (χ0) is 13.2. The lowest BCUT2D eigenvalue weighted by Gasteiger charge is -2.12. The lowest BCUT2D eigenvalue weighted by atomic mass is 10.1. The summed E-state index contributed by atoms with van der Waals surface area (Å²) in [6, 6.07) is 6.41. The second-order valence-electron chi connectivity index (χ2n) is 5.44. The molecule has 2 unspecified atom stereocenters. The molecular weight excluding hydrogens is 238 g/mol. The highest BCUT2D eigenvalue weighted by molar-refractivity contribution is 5.37. The second kappa shape index (κ2) is 4.99. The van der Waals surface area contributed by atoms with E-state index < -0.39 is 0 Å². The maximum absolute atomic E-state index is 4.32. The van der Waals surface area contributed by atoms with E-state index in [0.717, 1.165) is 23.2 Å². The zero-order valence-electron chi connectivity index (χ0n) is 11.4. The Morgan fingerprint density at radius 2 is 2.11 bits per heavy atom. The Balaban J connectivity index is 1.69. The lowest BCUT2D eigenvalue weighted by molar-refractivity contribution is 0.602. The van der Waals surface area contributed by atoms with Crippen LogP contribution in [0.25, 0.3) is 5.82 Å². The summed E-state index contributed by atoms with van der Waals surface area (Å²) in [4.78, 5) is 0. The highest BCUT2D eigenvalue weighted by atomic mass is 15.3. The number of rotatable bonds is 3. The third-order valence-corrected chi connectivity index (χ3v) is 3.65. The first-order valence-corrected chi connectivity index (χ1v) is 6.83. The van der Waals surface area contributed by atoms with E-state index in [4.69, 9.17) is 0 Å². The Morgan fingerprint density at radius 3 is 2.68 bits per heavy atom. The molecule has 0 amide bonds. The molecule has 1 N–H and O–H groups in total. The van der Waals surface area contributed by atoms with Crippen molar-refractivity contribution in [3.05, 3.63) is 30.1 Å². The number of aryl methyl sites for hydroxylation is 1. The molecule has 5 heteroatoms. The monoisotopic (exact) mass is 257 g/mol. The Hall–Kier alpha value is -1.91. The molecule has 1 aliphatic rings. The van der Waals surface area contributed by atoms with Crippen LogP contribution in [0.2, 0.25) is 0 Å². The van der Waals surface area contributed by atoms with E-state index in [1.54, 1.807) is 4.68 Å². The third-order valence-electron chi connectivity index (χ3n) is 3.65. The van der Waals surface area contributed by atoms with E-state index in [-0.39, 0.29) is 0 Å². The molecule has 0 aromatic carbocycles. The van der Waals surface area contributed by atoms with Crippen molar-refractivity contribution in [1.29, 1.82) is 0 Å². The number of hydrogen-bond acceptors (Lipinski definition) is 4. The van der Waals surface area contributed by atoms with Crippen LogP contribution in [0.3, 0.4) is 0 Å². The summed E-state index contributed by atoms with van der Waals surface area (Å²) in [5.74, 6) is 2.42. The maximum atomic E-state index is 4.32. The van der Waals surface area contributed by atoms with Gasteiger partial charge in [-0.15, -0.1) is 10.2 Å². The van der Waals surface area contributed by atoms with Gasteiger partial charge < -0.3 is 5.32 Å². The predicted molar refractivity (Wildman–Crippen MR) is 74.3 cm³/mol. The van der Waals surface area contributed by atoms with Gasteiger partial charge in [0.15, 0.2) is 5.82 Å². The van der Waals surface area contributed by atoms with Gasteiger partial charge in [0.2, 0.25) is 0 Å². The molecule has 5 nitrogen and oxygen atoms in total. The molecule has 2 aromatic heterocycles. The SMILES string of the molecule is Cc1ccn(-c2ccc(NC3CCC(C)C3)nn2)n1. The Morgan fingerprint density at radius 1 is 1.21 bits per heavy atom. The van der Waals surface area contributed by atoms with E-state index in [0.29, 0.717) is 6.04 Å². The fourth-order valence-electron chi connectivity index (χ4n) is 2.61. The van der Waals surface area contributed by atoms with Crippen LogP contribution in [0.4, 0.5) is 5.82 Å². The molecule has 2 atom stereocenters. The van der Waals surface area contributed by atoms with Crippen molar-refractivity contribution in [3.8, 4) is 5.82 Å². The smallest absolute Gasteiger partial charge is 0.175 e. The van der Waals surface area contributed by atoms with E-state index in [1.165, 1.54) is 19.3 Å². The second-order valence-corrected chi connectivity index (χ2v) is 5.44. The molecular formula is C14H19N5. The molecule has 2 aromatic rings. The minimum absolute atomic E-state index is 0.544. The average molecular weight is 257 g/mol. The minimum Gasteiger partial charge on any atom is -0.366 e. The molecule has 2 heterocycles. The fourth-order valence-corrected chi connectivity index (χ4v) is 2.61. The van der Waals surface area contributed by atoms with Gasteiger partial charge >= 0.3 is 0 Å². The standard InChI is InChI=1S/C14H19N5/c1-10-3-4-12(9-10)15-13-5-6-14(17-16-13)19-8-7-11(2)18-19/h5-8,10,12H,3-4,9H2,1-2H3,(H,15,16). The van der Waals surface area contributed by atoms with Crippen LogP contribution in [0.5, 0.6) is 0 Å². The summed E-state index contributed by atoms with van der Waals surface area (Å²) in [7, 11) is 0. The number of anilines is 1. The van der Waals surface area contributed by atoms with Crippen LogP contribution in [-0.4, -0.2) is 26.0 Å². The zero-order valence-corrected chi connectivity index (χ0v) is 11.4. The Labute approximate surface area is 113 Å². The van der Waals surface area contributed by atoms with E-state index >= 15 is 0 Å². The first-order valence-electron chi connectivity index (χ1n) is 6.83. The van der Waals surface area contributed by atoms with Gasteiger partial charge in [0.25, 0.3) is 0 Å². The normalized spacial score (nSPS) is 22.6. The molecule has 1 fully saturated rings. The molecule has 1 saturated carbocycles. The molecule has 0 aliphatic heterocycles. The first-order chi connectivity index (χ1) is 9.20. The van der Waals surface area contributed by atoms with E-state index in [2.05, 4.69) is 27.5 Å². The van der Waals surface area contributed by atoms with Gasteiger partial charge in [-0.1, -0.05) is 6.92 Å². The van der Waals surface area contributed by atoms with Crippen LogP contribution in [0.15, 0.2) is 24.4 Å². The van der Waals surface area contributed by atoms with Crippen LogP contribution in [0.1, 0.15) is 31.9 Å². The Bertz CT molecular complexity index is 545.